The predicted octanol–water partition coefficient (Wildman–Crippen LogP) is 7.97. The first kappa shape index (κ1) is 26.5. The van der Waals surface area contributed by atoms with E-state index in [9.17, 15) is 9.90 Å². The van der Waals surface area contributed by atoms with Crippen molar-refractivity contribution in [3.05, 3.63) is 65.7 Å². The van der Waals surface area contributed by atoms with Crippen molar-refractivity contribution >= 4 is 14.3 Å². The van der Waals surface area contributed by atoms with Crippen LogP contribution in [-0.2, 0) is 9.53 Å². The maximum atomic E-state index is 11.8. The average Bonchev–Trinajstić information content (AvgIpc) is 2.81. The Labute approximate surface area is 206 Å². The lowest BCUT2D eigenvalue weighted by molar-refractivity contribution is -0.138. The van der Waals surface area contributed by atoms with Gasteiger partial charge >= 0.3 is 5.97 Å². The molecule has 0 spiro atoms. The van der Waals surface area contributed by atoms with Crippen LogP contribution < -0.4 is 4.43 Å². The van der Waals surface area contributed by atoms with E-state index in [4.69, 9.17) is 9.16 Å². The van der Waals surface area contributed by atoms with Gasteiger partial charge in [-0.15, -0.1) is 0 Å². The van der Waals surface area contributed by atoms with E-state index in [0.717, 1.165) is 29.7 Å². The van der Waals surface area contributed by atoms with Gasteiger partial charge < -0.3 is 14.3 Å². The molecule has 0 radical (unpaired) electrons. The van der Waals surface area contributed by atoms with Crippen LogP contribution in [0.25, 0.3) is 0 Å². The van der Waals surface area contributed by atoms with E-state index >= 15 is 0 Å². The number of carbonyl (C=O) groups is 1. The van der Waals surface area contributed by atoms with Gasteiger partial charge in [0.15, 0.2) is 0 Å². The van der Waals surface area contributed by atoms with Gasteiger partial charge in [-0.1, -0.05) is 84.0 Å². The van der Waals surface area contributed by atoms with Crippen molar-refractivity contribution in [2.45, 2.75) is 89.5 Å². The Bertz CT molecular complexity index is 886. The Hall–Kier alpha value is -2.11. The van der Waals surface area contributed by atoms with Crippen LogP contribution in [-0.4, -0.2) is 26.0 Å². The molecule has 0 saturated carbocycles. The monoisotopic (exact) mass is 482 g/mol. The third-order valence-electron chi connectivity index (χ3n) is 7.72. The molecule has 0 amide bonds. The van der Waals surface area contributed by atoms with Crippen LogP contribution in [0.5, 0.6) is 5.75 Å². The highest BCUT2D eigenvalue weighted by molar-refractivity contribution is 6.78. The molecule has 1 aliphatic rings. The van der Waals surface area contributed by atoms with Gasteiger partial charge in [0.05, 0.1) is 12.5 Å². The van der Waals surface area contributed by atoms with E-state index in [2.05, 4.69) is 65.8 Å². The molecule has 5 heteroatoms. The molecule has 1 saturated heterocycles. The molecular formula is C29H42O4Si. The summed E-state index contributed by atoms with van der Waals surface area (Å²) < 4.78 is 13.1. The molecule has 3 rings (SSSR count). The Morgan fingerprint density at radius 1 is 0.971 bits per heavy atom. The second-order valence-corrected chi connectivity index (χ2v) is 16.1. The lowest BCUT2D eigenvalue weighted by atomic mass is 9.75. The molecule has 1 fully saturated rings. The van der Waals surface area contributed by atoms with Gasteiger partial charge in [0.2, 0.25) is 0 Å². The molecule has 4 nitrogen and oxygen atoms in total. The molecule has 0 aliphatic carbocycles. The van der Waals surface area contributed by atoms with Crippen LogP contribution in [0.2, 0.25) is 16.6 Å². The molecule has 0 bridgehead atoms. The van der Waals surface area contributed by atoms with Gasteiger partial charge in [-0.25, -0.2) is 0 Å². The average molecular weight is 483 g/mol. The first-order valence-electron chi connectivity index (χ1n) is 12.8. The summed E-state index contributed by atoms with van der Waals surface area (Å²) in [5.74, 6) is 0.209. The fraction of sp³-hybridized carbons (Fsp3) is 0.552. The van der Waals surface area contributed by atoms with Crippen molar-refractivity contribution in [1.82, 2.24) is 0 Å². The summed E-state index contributed by atoms with van der Waals surface area (Å²) in [4.78, 5) is 11.8. The smallest absolute Gasteiger partial charge is 0.303 e. The van der Waals surface area contributed by atoms with E-state index in [0.29, 0.717) is 23.2 Å². The number of carboxylic acids is 1. The molecule has 186 valence electrons. The normalized spacial score (nSPS) is 20.0. The van der Waals surface area contributed by atoms with E-state index in [-0.39, 0.29) is 24.4 Å². The van der Waals surface area contributed by atoms with Crippen LogP contribution >= 0.6 is 0 Å². The molecule has 1 aliphatic heterocycles. The first-order valence-corrected chi connectivity index (χ1v) is 15.0. The maximum absolute atomic E-state index is 11.8. The lowest BCUT2D eigenvalue weighted by Crippen LogP contribution is -2.50. The van der Waals surface area contributed by atoms with Crippen molar-refractivity contribution in [1.29, 1.82) is 0 Å². The number of rotatable bonds is 10. The fourth-order valence-corrected chi connectivity index (χ4v) is 11.5. The highest BCUT2D eigenvalue weighted by atomic mass is 28.4. The first-order chi connectivity index (χ1) is 16.2. The molecule has 0 aromatic heterocycles. The lowest BCUT2D eigenvalue weighted by Gasteiger charge is -2.42. The molecule has 3 atom stereocenters. The minimum atomic E-state index is -2.02. The third-order valence-corrected chi connectivity index (χ3v) is 13.7. The summed E-state index contributed by atoms with van der Waals surface area (Å²) in [7, 11) is -2.02. The molecule has 0 unspecified atom stereocenters. The zero-order valence-electron chi connectivity index (χ0n) is 21.7. The van der Waals surface area contributed by atoms with Crippen molar-refractivity contribution in [2.75, 3.05) is 6.61 Å². The molecule has 1 N–H and O–H groups in total. The van der Waals surface area contributed by atoms with Crippen LogP contribution in [0.15, 0.2) is 54.6 Å². The second-order valence-electron chi connectivity index (χ2n) is 10.7. The van der Waals surface area contributed by atoms with Crippen molar-refractivity contribution < 1.29 is 19.1 Å². The van der Waals surface area contributed by atoms with Crippen LogP contribution in [0.4, 0.5) is 0 Å². The van der Waals surface area contributed by atoms with Crippen LogP contribution in [0, 0.1) is 5.92 Å². The molecule has 34 heavy (non-hydrogen) atoms. The van der Waals surface area contributed by atoms with Gasteiger partial charge in [0.25, 0.3) is 8.32 Å². The van der Waals surface area contributed by atoms with Gasteiger partial charge in [-0.3, -0.25) is 4.79 Å². The molecular weight excluding hydrogens is 440 g/mol. The van der Waals surface area contributed by atoms with Crippen molar-refractivity contribution in [3.63, 3.8) is 0 Å². The quantitative estimate of drug-likeness (QED) is 0.349. The zero-order chi connectivity index (χ0) is 24.9. The van der Waals surface area contributed by atoms with Gasteiger partial charge in [-0.05, 0) is 64.6 Å². The van der Waals surface area contributed by atoms with E-state index in [1.807, 2.05) is 30.3 Å². The van der Waals surface area contributed by atoms with Crippen LogP contribution in [0.1, 0.15) is 84.0 Å². The summed E-state index contributed by atoms with van der Waals surface area (Å²) in [5.41, 5.74) is 3.73. The number of ether oxygens (including phenoxy) is 1. The SMILES string of the molecule is CC(C)[Si](Oc1ccc([C@H]2OCCC[C@@H]2[C@@H](CC(=O)O)c2ccccc2)cc1)(C(C)C)C(C)C. The van der Waals surface area contributed by atoms with E-state index in [1.54, 1.807) is 0 Å². The Morgan fingerprint density at radius 3 is 2.09 bits per heavy atom. The summed E-state index contributed by atoms with van der Waals surface area (Å²) in [6, 6.07) is 18.5. The summed E-state index contributed by atoms with van der Waals surface area (Å²) in [6.45, 7) is 14.5. The van der Waals surface area contributed by atoms with E-state index in [1.165, 1.54) is 0 Å². The summed E-state index contributed by atoms with van der Waals surface area (Å²) >= 11 is 0. The molecule has 2 aromatic carbocycles. The topological polar surface area (TPSA) is 55.8 Å². The standard InChI is InChI=1S/C29H42O4Si/c1-20(2)34(21(3)4,22(5)6)33-25-16-14-24(15-17-25)29-26(13-10-18-32-29)27(19-28(30)31)23-11-8-7-9-12-23/h7-9,11-12,14-17,20-22,26-27,29H,10,13,18-19H2,1-6H3,(H,30,31)/t26-,27+,29-/m1/s1. The minimum Gasteiger partial charge on any atom is -0.543 e. The number of hydrogen-bond acceptors (Lipinski definition) is 3. The number of aliphatic carboxylic acids is 1. The predicted molar refractivity (Wildman–Crippen MR) is 141 cm³/mol. The number of benzene rings is 2. The van der Waals surface area contributed by atoms with Gasteiger partial charge in [0.1, 0.15) is 5.75 Å². The summed E-state index contributed by atoms with van der Waals surface area (Å²) in [6.07, 6.45) is 1.91. The zero-order valence-corrected chi connectivity index (χ0v) is 22.7. The van der Waals surface area contributed by atoms with Gasteiger partial charge in [0, 0.05) is 6.61 Å². The largest absolute Gasteiger partial charge is 0.543 e. The third kappa shape index (κ3) is 5.74. The fourth-order valence-electron chi connectivity index (χ4n) is 6.25. The maximum Gasteiger partial charge on any atom is 0.303 e. The Morgan fingerprint density at radius 2 is 1.56 bits per heavy atom. The van der Waals surface area contributed by atoms with Crippen molar-refractivity contribution in [2.24, 2.45) is 5.92 Å². The minimum absolute atomic E-state index is 0.0807. The highest BCUT2D eigenvalue weighted by Crippen LogP contribution is 2.46. The van der Waals surface area contributed by atoms with Gasteiger partial charge in [-0.2, -0.15) is 0 Å². The number of carboxylic acid groups (broad SMARTS) is 1. The summed E-state index contributed by atoms with van der Waals surface area (Å²) in [5, 5.41) is 9.66. The Kier molecular flexibility index (Phi) is 8.99. The Balaban J connectivity index is 1.88. The van der Waals surface area contributed by atoms with Crippen molar-refractivity contribution in [3.8, 4) is 5.75 Å². The van der Waals surface area contributed by atoms with E-state index < -0.39 is 14.3 Å². The van der Waals surface area contributed by atoms with Crippen LogP contribution in [0.3, 0.4) is 0 Å². The number of hydrogen-bond donors (Lipinski definition) is 1. The molecule has 1 heterocycles. The highest BCUT2D eigenvalue weighted by Gasteiger charge is 2.47. The second kappa shape index (κ2) is 11.5. The molecule has 2 aromatic rings.